The maximum absolute atomic E-state index is 2.70. The van der Waals surface area contributed by atoms with E-state index in [-0.39, 0.29) is 0 Å². The first-order valence-electron chi connectivity index (χ1n) is 14.6. The second-order valence-corrected chi connectivity index (χ2v) is 12.9. The minimum absolute atomic E-state index is 1.04. The van der Waals surface area contributed by atoms with Gasteiger partial charge in [-0.3, -0.25) is 0 Å². The van der Waals surface area contributed by atoms with Gasteiger partial charge in [-0.05, 0) is 191 Å². The summed E-state index contributed by atoms with van der Waals surface area (Å²) in [5, 5.41) is 5.94. The Hall–Kier alpha value is -3.32. The van der Waals surface area contributed by atoms with E-state index in [0.717, 1.165) is 6.42 Å². The zero-order valence-corrected chi connectivity index (χ0v) is 26.2. The van der Waals surface area contributed by atoms with Crippen molar-refractivity contribution in [3.05, 3.63) is 83.5 Å². The average Bonchev–Trinajstić information content (AvgIpc) is 3.58. The summed E-state index contributed by atoms with van der Waals surface area (Å²) in [5.41, 5.74) is 29.3. The molecule has 0 saturated heterocycles. The van der Waals surface area contributed by atoms with Crippen molar-refractivity contribution in [3.63, 3.8) is 0 Å². The third-order valence-corrected chi connectivity index (χ3v) is 11.8. The molecular weight excluding hydrogens is 470 g/mol. The number of hydrogen-bond acceptors (Lipinski definition) is 0. The normalized spacial score (nSPS) is 13.2. The largest absolute Gasteiger partial charge is 0.307 e. The number of aromatic nitrogens is 1. The summed E-state index contributed by atoms with van der Waals surface area (Å²) in [6.07, 6.45) is 1.04. The molecule has 198 valence electrons. The molecule has 0 unspecified atom stereocenters. The Labute approximate surface area is 233 Å². The van der Waals surface area contributed by atoms with Crippen LogP contribution >= 0.6 is 0 Å². The predicted octanol–water partition coefficient (Wildman–Crippen LogP) is 10.4. The summed E-state index contributed by atoms with van der Waals surface area (Å²) in [6, 6.07) is 0. The predicted molar refractivity (Wildman–Crippen MR) is 171 cm³/mol. The van der Waals surface area contributed by atoms with Crippen molar-refractivity contribution in [3.8, 4) is 11.1 Å². The molecule has 0 bridgehead atoms. The minimum Gasteiger partial charge on any atom is -0.307 e. The van der Waals surface area contributed by atoms with Crippen molar-refractivity contribution in [2.24, 2.45) is 0 Å². The SMILES string of the molecule is Cc1c(C)c(C)c2c(c1C)Cc1c(C)c3c4c(C)c(C)c(C)c(C)c4n4c5c(C)c(C)c(C)c(C)c5c(c1-2)c34. The van der Waals surface area contributed by atoms with Crippen LogP contribution in [0.5, 0.6) is 0 Å². The van der Waals surface area contributed by atoms with Crippen LogP contribution in [0.1, 0.15) is 83.5 Å². The van der Waals surface area contributed by atoms with Crippen LogP contribution in [0.15, 0.2) is 0 Å². The van der Waals surface area contributed by atoms with Crippen LogP contribution in [0, 0.1) is 90.0 Å². The fraction of sp³-hybridized carbons (Fsp3) is 0.368. The van der Waals surface area contributed by atoms with Crippen molar-refractivity contribution in [2.75, 3.05) is 0 Å². The average molecular weight is 512 g/mol. The second-order valence-electron chi connectivity index (χ2n) is 12.9. The van der Waals surface area contributed by atoms with E-state index in [1.54, 1.807) is 11.1 Å². The molecule has 2 heterocycles. The van der Waals surface area contributed by atoms with Crippen molar-refractivity contribution in [1.29, 1.82) is 0 Å². The van der Waals surface area contributed by atoms with Crippen LogP contribution in [-0.4, -0.2) is 4.40 Å². The lowest BCUT2D eigenvalue weighted by Crippen LogP contribution is -1.98. The highest BCUT2D eigenvalue weighted by molar-refractivity contribution is 6.31. The molecule has 1 nitrogen and oxygen atoms in total. The molecule has 2 aromatic heterocycles. The molecule has 0 N–H and O–H groups in total. The molecular formula is C38H41N. The second kappa shape index (κ2) is 7.45. The Morgan fingerprint density at radius 3 is 1.23 bits per heavy atom. The van der Waals surface area contributed by atoms with Gasteiger partial charge in [-0.15, -0.1) is 0 Å². The Kier molecular flexibility index (Phi) is 4.72. The molecule has 0 spiro atoms. The Balaban J connectivity index is 1.93. The van der Waals surface area contributed by atoms with Crippen LogP contribution in [0.2, 0.25) is 0 Å². The summed E-state index contributed by atoms with van der Waals surface area (Å²) in [5.74, 6) is 0. The summed E-state index contributed by atoms with van der Waals surface area (Å²) in [4.78, 5) is 0. The summed E-state index contributed by atoms with van der Waals surface area (Å²) in [6.45, 7) is 30.5. The highest BCUT2D eigenvalue weighted by atomic mass is 14.9. The van der Waals surface area contributed by atoms with Crippen molar-refractivity contribution >= 4 is 38.1 Å². The maximum atomic E-state index is 2.70. The lowest BCUT2D eigenvalue weighted by atomic mass is 9.85. The van der Waals surface area contributed by atoms with Gasteiger partial charge in [0.1, 0.15) is 0 Å². The Bertz CT molecular complexity index is 2140. The minimum atomic E-state index is 1.04. The molecule has 0 aliphatic heterocycles. The van der Waals surface area contributed by atoms with Gasteiger partial charge in [-0.1, -0.05) is 0 Å². The summed E-state index contributed by atoms with van der Waals surface area (Å²) in [7, 11) is 0. The van der Waals surface area contributed by atoms with E-state index in [9.17, 15) is 0 Å². The number of nitrogens with zero attached hydrogens (tertiary/aromatic N) is 1. The zero-order chi connectivity index (χ0) is 28.1. The maximum Gasteiger partial charge on any atom is 0.0630 e. The lowest BCUT2D eigenvalue weighted by Gasteiger charge is -2.18. The fourth-order valence-corrected chi connectivity index (χ4v) is 8.40. The molecule has 0 saturated carbocycles. The highest BCUT2D eigenvalue weighted by Crippen LogP contribution is 2.55. The smallest absolute Gasteiger partial charge is 0.0630 e. The number of rotatable bonds is 0. The van der Waals surface area contributed by atoms with E-state index in [0.29, 0.717) is 0 Å². The molecule has 0 amide bonds. The first kappa shape index (κ1) is 24.7. The highest BCUT2D eigenvalue weighted by Gasteiger charge is 2.34. The van der Waals surface area contributed by atoms with Gasteiger partial charge >= 0.3 is 0 Å². The first-order valence-corrected chi connectivity index (χ1v) is 14.6. The first-order chi connectivity index (χ1) is 18.3. The van der Waals surface area contributed by atoms with Gasteiger partial charge < -0.3 is 4.40 Å². The van der Waals surface area contributed by atoms with Gasteiger partial charge in [0.2, 0.25) is 0 Å². The van der Waals surface area contributed by atoms with Crippen molar-refractivity contribution in [1.82, 2.24) is 4.40 Å². The number of benzene rings is 4. The molecule has 1 heteroatoms. The molecule has 7 rings (SSSR count). The van der Waals surface area contributed by atoms with Crippen LogP contribution in [0.3, 0.4) is 0 Å². The lowest BCUT2D eigenvalue weighted by molar-refractivity contribution is 1.14. The quantitative estimate of drug-likeness (QED) is 0.191. The van der Waals surface area contributed by atoms with Crippen molar-refractivity contribution in [2.45, 2.75) is 96.4 Å². The van der Waals surface area contributed by atoms with Crippen LogP contribution in [0.25, 0.3) is 49.2 Å². The number of hydrogen-bond donors (Lipinski definition) is 0. The summed E-state index contributed by atoms with van der Waals surface area (Å²) < 4.78 is 2.70. The Morgan fingerprint density at radius 1 is 0.308 bits per heavy atom. The van der Waals surface area contributed by atoms with E-state index < -0.39 is 0 Å². The van der Waals surface area contributed by atoms with Gasteiger partial charge in [0.05, 0.1) is 16.6 Å². The third kappa shape index (κ3) is 2.54. The molecule has 0 radical (unpaired) electrons. The van der Waals surface area contributed by atoms with E-state index in [1.165, 1.54) is 122 Å². The zero-order valence-electron chi connectivity index (χ0n) is 26.2. The molecule has 6 aromatic rings. The third-order valence-electron chi connectivity index (χ3n) is 11.8. The molecule has 0 atom stereocenters. The number of fused-ring (bicyclic) bond motifs is 10. The van der Waals surface area contributed by atoms with Crippen molar-refractivity contribution < 1.29 is 0 Å². The van der Waals surface area contributed by atoms with Crippen LogP contribution in [0.4, 0.5) is 0 Å². The van der Waals surface area contributed by atoms with Crippen LogP contribution < -0.4 is 0 Å². The van der Waals surface area contributed by atoms with Gasteiger partial charge in [-0.25, -0.2) is 0 Å². The fourth-order valence-electron chi connectivity index (χ4n) is 8.40. The monoisotopic (exact) mass is 511 g/mol. The van der Waals surface area contributed by atoms with Gasteiger partial charge in [-0.2, -0.15) is 0 Å². The molecule has 4 aromatic carbocycles. The summed E-state index contributed by atoms with van der Waals surface area (Å²) >= 11 is 0. The van der Waals surface area contributed by atoms with Gasteiger partial charge in [0.15, 0.2) is 0 Å². The topological polar surface area (TPSA) is 4.41 Å². The van der Waals surface area contributed by atoms with E-state index in [1.807, 2.05) is 0 Å². The van der Waals surface area contributed by atoms with Gasteiger partial charge in [0, 0.05) is 21.5 Å². The molecule has 0 fully saturated rings. The van der Waals surface area contributed by atoms with E-state index in [4.69, 9.17) is 0 Å². The van der Waals surface area contributed by atoms with E-state index in [2.05, 4.69) is 94.4 Å². The molecule has 1 aliphatic rings. The molecule has 1 aliphatic carbocycles. The Morgan fingerprint density at radius 2 is 0.692 bits per heavy atom. The van der Waals surface area contributed by atoms with Gasteiger partial charge in [0.25, 0.3) is 0 Å². The standard InChI is InChI=1S/C38H41N/c1-15-16(2)22(8)30-28(21(15)7)14-29-27(13)33-31-23(9)17(3)19(5)25(11)36(31)39-37-26(12)20(6)18(4)24(10)32(37)35(34(29)30)38(33)39/h14H2,1-13H3. The number of aryl methyl sites for hydroxylation is 5. The van der Waals surface area contributed by atoms with Crippen LogP contribution in [-0.2, 0) is 6.42 Å². The molecule has 39 heavy (non-hydrogen) atoms. The van der Waals surface area contributed by atoms with E-state index >= 15 is 0 Å².